The maximum Gasteiger partial charge on any atom is 0.338 e. The molecule has 2 N–H and O–H groups in total. The predicted octanol–water partition coefficient (Wildman–Crippen LogP) is 2.29. The molecule has 1 atom stereocenters. The number of allylic oxidation sites excluding steroid dienone is 1. The summed E-state index contributed by atoms with van der Waals surface area (Å²) in [5, 5.41) is 5.45. The Morgan fingerprint density at radius 1 is 1.29 bits per heavy atom. The molecule has 1 aliphatic rings. The van der Waals surface area contributed by atoms with Crippen LogP contribution in [0, 0.1) is 0 Å². The first-order chi connectivity index (χ1) is 11.4. The van der Waals surface area contributed by atoms with E-state index in [0.29, 0.717) is 17.9 Å². The molecule has 0 fully saturated rings. The van der Waals surface area contributed by atoms with Gasteiger partial charge in [0.15, 0.2) is 0 Å². The fourth-order valence-electron chi connectivity index (χ4n) is 2.47. The lowest BCUT2D eigenvalue weighted by Gasteiger charge is -2.28. The highest BCUT2D eigenvalue weighted by atomic mass is 32.2. The summed E-state index contributed by atoms with van der Waals surface area (Å²) in [6.07, 6.45) is 1.95. The molecule has 0 radical (unpaired) electrons. The number of nitrogens with one attached hydrogen (secondary N) is 2. The zero-order chi connectivity index (χ0) is 17.7. The SMILES string of the molecule is CSCCOC(=O)C1=C(C)NC(=O)NC1c1ccc(N(C)C)cc1. The molecule has 1 heterocycles. The van der Waals surface area contributed by atoms with Gasteiger partial charge in [0, 0.05) is 31.2 Å². The van der Waals surface area contributed by atoms with Gasteiger partial charge in [-0.1, -0.05) is 12.1 Å². The van der Waals surface area contributed by atoms with Crippen LogP contribution in [0.5, 0.6) is 0 Å². The van der Waals surface area contributed by atoms with E-state index in [1.54, 1.807) is 18.7 Å². The van der Waals surface area contributed by atoms with Gasteiger partial charge in [-0.05, 0) is 30.9 Å². The number of urea groups is 1. The monoisotopic (exact) mass is 349 g/mol. The number of benzene rings is 1. The fourth-order valence-corrected chi connectivity index (χ4v) is 2.72. The van der Waals surface area contributed by atoms with Crippen molar-refractivity contribution < 1.29 is 14.3 Å². The van der Waals surface area contributed by atoms with E-state index in [1.807, 2.05) is 49.5 Å². The van der Waals surface area contributed by atoms with Gasteiger partial charge >= 0.3 is 12.0 Å². The van der Waals surface area contributed by atoms with E-state index in [-0.39, 0.29) is 6.03 Å². The van der Waals surface area contributed by atoms with Gasteiger partial charge in [-0.3, -0.25) is 0 Å². The van der Waals surface area contributed by atoms with Gasteiger partial charge in [-0.25, -0.2) is 9.59 Å². The zero-order valence-electron chi connectivity index (χ0n) is 14.4. The first-order valence-corrected chi connectivity index (χ1v) is 9.05. The lowest BCUT2D eigenvalue weighted by atomic mass is 9.95. The number of amides is 2. The van der Waals surface area contributed by atoms with E-state index >= 15 is 0 Å². The summed E-state index contributed by atoms with van der Waals surface area (Å²) in [5.74, 6) is 0.329. The maximum absolute atomic E-state index is 12.5. The van der Waals surface area contributed by atoms with E-state index in [0.717, 1.165) is 17.0 Å². The summed E-state index contributed by atoms with van der Waals surface area (Å²) in [7, 11) is 3.92. The van der Waals surface area contributed by atoms with Gasteiger partial charge < -0.3 is 20.3 Å². The molecule has 7 heteroatoms. The second-order valence-electron chi connectivity index (χ2n) is 5.68. The van der Waals surface area contributed by atoms with Crippen LogP contribution < -0.4 is 15.5 Å². The molecule has 0 saturated carbocycles. The van der Waals surface area contributed by atoms with Crippen molar-refractivity contribution in [3.05, 3.63) is 41.1 Å². The number of hydrogen-bond acceptors (Lipinski definition) is 5. The Bertz CT molecular complexity index is 641. The minimum Gasteiger partial charge on any atom is -0.461 e. The van der Waals surface area contributed by atoms with Gasteiger partial charge in [0.25, 0.3) is 0 Å². The van der Waals surface area contributed by atoms with E-state index < -0.39 is 12.0 Å². The molecule has 1 aromatic carbocycles. The summed E-state index contributed by atoms with van der Waals surface area (Å²) in [5.41, 5.74) is 2.85. The Kier molecular flexibility index (Phi) is 6.14. The molecule has 0 bridgehead atoms. The molecule has 130 valence electrons. The highest BCUT2D eigenvalue weighted by Gasteiger charge is 2.32. The lowest BCUT2D eigenvalue weighted by Crippen LogP contribution is -2.45. The van der Waals surface area contributed by atoms with Gasteiger partial charge in [0.2, 0.25) is 0 Å². The van der Waals surface area contributed by atoms with Gasteiger partial charge in [0.05, 0.1) is 11.6 Å². The van der Waals surface area contributed by atoms with Crippen molar-refractivity contribution in [3.63, 3.8) is 0 Å². The highest BCUT2D eigenvalue weighted by molar-refractivity contribution is 7.98. The number of ether oxygens (including phenoxy) is 1. The van der Waals surface area contributed by atoms with Crippen LogP contribution in [-0.2, 0) is 9.53 Å². The van der Waals surface area contributed by atoms with Crippen molar-refractivity contribution in [3.8, 4) is 0 Å². The average molecular weight is 349 g/mol. The van der Waals surface area contributed by atoms with E-state index in [2.05, 4.69) is 10.6 Å². The molecule has 0 spiro atoms. The van der Waals surface area contributed by atoms with Crippen LogP contribution in [-0.4, -0.2) is 44.7 Å². The van der Waals surface area contributed by atoms with Crippen LogP contribution in [0.4, 0.5) is 10.5 Å². The lowest BCUT2D eigenvalue weighted by molar-refractivity contribution is -0.138. The Morgan fingerprint density at radius 3 is 2.54 bits per heavy atom. The van der Waals surface area contributed by atoms with Crippen LogP contribution in [0.25, 0.3) is 0 Å². The molecule has 0 aromatic heterocycles. The summed E-state index contributed by atoms with van der Waals surface area (Å²) in [6, 6.07) is 6.89. The molecular formula is C17H23N3O3S. The number of carbonyl (C=O) groups excluding carboxylic acids is 2. The number of hydrogen-bond donors (Lipinski definition) is 2. The van der Waals surface area contributed by atoms with Crippen molar-refractivity contribution in [1.82, 2.24) is 10.6 Å². The number of anilines is 1. The number of esters is 1. The van der Waals surface area contributed by atoms with Crippen molar-refractivity contribution in [2.75, 3.05) is 37.6 Å². The standard InChI is InChI=1S/C17H23N3O3S/c1-11-14(16(21)23-9-10-24-4)15(19-17(22)18-11)12-5-7-13(8-6-12)20(2)3/h5-8,15H,9-10H2,1-4H3,(H2,18,19,22). The highest BCUT2D eigenvalue weighted by Crippen LogP contribution is 2.28. The van der Waals surface area contributed by atoms with Crippen LogP contribution >= 0.6 is 11.8 Å². The number of thioether (sulfide) groups is 1. The summed E-state index contributed by atoms with van der Waals surface area (Å²) in [6.45, 7) is 2.06. The molecule has 24 heavy (non-hydrogen) atoms. The minimum absolute atomic E-state index is 0.324. The van der Waals surface area contributed by atoms with Crippen molar-refractivity contribution in [2.45, 2.75) is 13.0 Å². The summed E-state index contributed by atoms with van der Waals surface area (Å²) >= 11 is 1.61. The molecule has 1 aromatic rings. The fraction of sp³-hybridized carbons (Fsp3) is 0.412. The van der Waals surface area contributed by atoms with Crippen molar-refractivity contribution in [2.24, 2.45) is 0 Å². The normalized spacial score (nSPS) is 17.2. The molecule has 1 unspecified atom stereocenters. The quantitative estimate of drug-likeness (QED) is 0.609. The number of carbonyl (C=O) groups is 2. The van der Waals surface area contributed by atoms with Gasteiger partial charge in [-0.2, -0.15) is 11.8 Å². The Balaban J connectivity index is 2.28. The third-order valence-corrected chi connectivity index (χ3v) is 4.33. The zero-order valence-corrected chi connectivity index (χ0v) is 15.2. The largest absolute Gasteiger partial charge is 0.461 e. The minimum atomic E-state index is -0.517. The molecule has 0 saturated heterocycles. The Hall–Kier alpha value is -2.15. The third kappa shape index (κ3) is 4.23. The second kappa shape index (κ2) is 8.10. The first kappa shape index (κ1) is 18.2. The van der Waals surface area contributed by atoms with Gasteiger partial charge in [-0.15, -0.1) is 0 Å². The molecule has 2 rings (SSSR count). The van der Waals surface area contributed by atoms with Crippen molar-refractivity contribution in [1.29, 1.82) is 0 Å². The summed E-state index contributed by atoms with van der Waals surface area (Å²) in [4.78, 5) is 26.3. The maximum atomic E-state index is 12.5. The Labute approximate surface area is 146 Å². The second-order valence-corrected chi connectivity index (χ2v) is 6.67. The van der Waals surface area contributed by atoms with E-state index in [9.17, 15) is 9.59 Å². The number of nitrogens with zero attached hydrogens (tertiary/aromatic N) is 1. The molecule has 0 aliphatic carbocycles. The smallest absolute Gasteiger partial charge is 0.338 e. The molecule has 1 aliphatic heterocycles. The average Bonchev–Trinajstić information content (AvgIpc) is 2.54. The third-order valence-electron chi connectivity index (χ3n) is 3.75. The predicted molar refractivity (Wildman–Crippen MR) is 97.2 cm³/mol. The van der Waals surface area contributed by atoms with Crippen LogP contribution in [0.2, 0.25) is 0 Å². The first-order valence-electron chi connectivity index (χ1n) is 7.65. The van der Waals surface area contributed by atoms with Crippen LogP contribution in [0.3, 0.4) is 0 Å². The molecular weight excluding hydrogens is 326 g/mol. The topological polar surface area (TPSA) is 70.7 Å². The molecule has 2 amide bonds. The van der Waals surface area contributed by atoms with E-state index in [1.165, 1.54) is 0 Å². The van der Waals surface area contributed by atoms with Crippen molar-refractivity contribution >= 4 is 29.4 Å². The number of rotatable bonds is 6. The van der Waals surface area contributed by atoms with Crippen LogP contribution in [0.1, 0.15) is 18.5 Å². The summed E-state index contributed by atoms with van der Waals surface area (Å²) < 4.78 is 5.32. The van der Waals surface area contributed by atoms with Gasteiger partial charge in [0.1, 0.15) is 6.61 Å². The Morgan fingerprint density at radius 2 is 1.96 bits per heavy atom. The van der Waals surface area contributed by atoms with E-state index in [4.69, 9.17) is 4.74 Å². The molecule has 6 nitrogen and oxygen atoms in total. The van der Waals surface area contributed by atoms with Crippen LogP contribution in [0.15, 0.2) is 35.5 Å².